The van der Waals surface area contributed by atoms with Crippen LogP contribution in [0.1, 0.15) is 45.0 Å². The van der Waals surface area contributed by atoms with E-state index in [0.29, 0.717) is 28.4 Å². The number of hydrogen-bond acceptors (Lipinski definition) is 4. The molecule has 1 aromatic rings. The number of hydrogen-bond donors (Lipinski definition) is 0. The van der Waals surface area contributed by atoms with Gasteiger partial charge in [-0.05, 0) is 52.2 Å². The van der Waals surface area contributed by atoms with Crippen LogP contribution in [-0.4, -0.2) is 31.2 Å². The fourth-order valence-electron chi connectivity index (χ4n) is 2.13. The Morgan fingerprint density at radius 1 is 1.24 bits per heavy atom. The summed E-state index contributed by atoms with van der Waals surface area (Å²) in [5, 5.41) is 0.402. The molecule has 0 unspecified atom stereocenters. The van der Waals surface area contributed by atoms with Crippen molar-refractivity contribution in [2.75, 3.05) is 6.61 Å². The monoisotopic (exact) mass is 310 g/mol. The van der Waals surface area contributed by atoms with Crippen molar-refractivity contribution in [2.45, 2.75) is 45.8 Å². The molecule has 0 N–H and O–H groups in total. The second-order valence-corrected chi connectivity index (χ2v) is 6.46. The lowest BCUT2D eigenvalue weighted by Gasteiger charge is -2.32. The molecule has 114 valence electrons. The highest BCUT2D eigenvalue weighted by molar-refractivity contribution is 6.63. The molecule has 1 aromatic carbocycles. The zero-order valence-corrected chi connectivity index (χ0v) is 13.8. The zero-order valence-electron chi connectivity index (χ0n) is 13.0. The van der Waals surface area contributed by atoms with E-state index in [9.17, 15) is 4.79 Å². The van der Waals surface area contributed by atoms with Crippen LogP contribution < -0.4 is 10.2 Å². The van der Waals surface area contributed by atoms with Crippen molar-refractivity contribution in [1.29, 1.82) is 0 Å². The second-order valence-electron chi connectivity index (χ2n) is 6.05. The Morgan fingerprint density at radius 3 is 2.29 bits per heavy atom. The Bertz CT molecular complexity index is 541. The van der Waals surface area contributed by atoms with Gasteiger partial charge in [0, 0.05) is 5.56 Å². The van der Waals surface area contributed by atoms with Crippen LogP contribution in [0.4, 0.5) is 0 Å². The van der Waals surface area contributed by atoms with E-state index in [1.54, 1.807) is 12.1 Å². The molecule has 6 heteroatoms. The van der Waals surface area contributed by atoms with Gasteiger partial charge in [-0.3, -0.25) is 4.79 Å². The average molecular weight is 311 g/mol. The lowest BCUT2D eigenvalue weighted by atomic mass is 9.76. The molecule has 4 nitrogen and oxygen atoms in total. The summed E-state index contributed by atoms with van der Waals surface area (Å²) < 4.78 is 17.5. The minimum absolute atomic E-state index is 0.402. The summed E-state index contributed by atoms with van der Waals surface area (Å²) in [5.41, 5.74) is 0.144. The van der Waals surface area contributed by atoms with Crippen molar-refractivity contribution in [2.24, 2.45) is 0 Å². The predicted molar refractivity (Wildman–Crippen MR) is 83.7 cm³/mol. The standard InChI is InChI=1S/C15H20BClO4/c1-6-19-13-8-11(10(9-18)7-12(13)17)16-20-14(2,3)15(4,5)21-16/h7-9H,6H2,1-5H3. The van der Waals surface area contributed by atoms with Crippen LogP contribution in [0.25, 0.3) is 0 Å². The first-order chi connectivity index (χ1) is 9.71. The fraction of sp³-hybridized carbons (Fsp3) is 0.533. The topological polar surface area (TPSA) is 44.8 Å². The van der Waals surface area contributed by atoms with Crippen molar-refractivity contribution < 1.29 is 18.8 Å². The number of benzene rings is 1. The summed E-state index contributed by atoms with van der Waals surface area (Å²) in [6.07, 6.45) is 0.752. The first-order valence-corrected chi connectivity index (χ1v) is 7.36. The SMILES string of the molecule is CCOc1cc(B2OC(C)(C)C(C)(C)O2)c(C=O)cc1Cl. The van der Waals surface area contributed by atoms with Gasteiger partial charge in [0.05, 0.1) is 22.8 Å². The van der Waals surface area contributed by atoms with Crippen molar-refractivity contribution >= 4 is 30.5 Å². The number of rotatable bonds is 4. The van der Waals surface area contributed by atoms with Crippen molar-refractivity contribution in [1.82, 2.24) is 0 Å². The molecule has 0 atom stereocenters. The first-order valence-electron chi connectivity index (χ1n) is 6.99. The third-order valence-electron chi connectivity index (χ3n) is 4.07. The molecule has 0 aliphatic carbocycles. The molecule has 0 spiro atoms. The summed E-state index contributed by atoms with van der Waals surface area (Å²) in [6.45, 7) is 10.2. The van der Waals surface area contributed by atoms with Crippen molar-refractivity contribution in [3.05, 3.63) is 22.7 Å². The van der Waals surface area contributed by atoms with E-state index in [2.05, 4.69) is 0 Å². The van der Waals surface area contributed by atoms with Crippen LogP contribution in [0.2, 0.25) is 5.02 Å². The van der Waals surface area contributed by atoms with Gasteiger partial charge >= 0.3 is 7.12 Å². The molecular formula is C15H20BClO4. The van der Waals surface area contributed by atoms with Crippen molar-refractivity contribution in [3.63, 3.8) is 0 Å². The third kappa shape index (κ3) is 2.96. The van der Waals surface area contributed by atoms with Gasteiger partial charge in [-0.1, -0.05) is 11.6 Å². The van der Waals surface area contributed by atoms with E-state index in [4.69, 9.17) is 25.6 Å². The Kier molecular flexibility index (Phi) is 4.38. The summed E-state index contributed by atoms with van der Waals surface area (Å²) in [7, 11) is -0.619. The molecular weight excluding hydrogens is 290 g/mol. The van der Waals surface area contributed by atoms with Crippen LogP contribution in [0, 0.1) is 0 Å². The fourth-order valence-corrected chi connectivity index (χ4v) is 2.35. The lowest BCUT2D eigenvalue weighted by molar-refractivity contribution is 0.00578. The smallest absolute Gasteiger partial charge is 0.492 e. The van der Waals surface area contributed by atoms with Gasteiger partial charge < -0.3 is 14.0 Å². The molecule has 1 heterocycles. The Hall–Kier alpha value is -1.04. The maximum atomic E-state index is 11.3. The van der Waals surface area contributed by atoms with E-state index in [0.717, 1.165) is 6.29 Å². The van der Waals surface area contributed by atoms with E-state index < -0.39 is 18.3 Å². The summed E-state index contributed by atoms with van der Waals surface area (Å²) in [5.74, 6) is 0.523. The largest absolute Gasteiger partial charge is 0.495 e. The normalized spacial score (nSPS) is 19.6. The van der Waals surface area contributed by atoms with E-state index in [-0.39, 0.29) is 0 Å². The van der Waals surface area contributed by atoms with Crippen LogP contribution in [0.3, 0.4) is 0 Å². The Balaban J connectivity index is 2.44. The number of ether oxygens (including phenoxy) is 1. The summed E-state index contributed by atoms with van der Waals surface area (Å²) >= 11 is 6.11. The molecule has 1 aliphatic rings. The minimum atomic E-state index is -0.619. The van der Waals surface area contributed by atoms with Crippen LogP contribution in [0.5, 0.6) is 5.75 Å². The van der Waals surface area contributed by atoms with Crippen LogP contribution >= 0.6 is 11.6 Å². The molecule has 1 aliphatic heterocycles. The second kappa shape index (κ2) is 5.63. The quantitative estimate of drug-likeness (QED) is 0.633. The van der Waals surface area contributed by atoms with Gasteiger partial charge in [0.25, 0.3) is 0 Å². The third-order valence-corrected chi connectivity index (χ3v) is 4.37. The van der Waals surface area contributed by atoms with Gasteiger partial charge in [0.15, 0.2) is 0 Å². The molecule has 0 radical (unpaired) electrons. The highest BCUT2D eigenvalue weighted by Crippen LogP contribution is 2.37. The Labute approximate surface area is 130 Å². The van der Waals surface area contributed by atoms with E-state index in [1.807, 2.05) is 34.6 Å². The van der Waals surface area contributed by atoms with Crippen LogP contribution in [0.15, 0.2) is 12.1 Å². The van der Waals surface area contributed by atoms with Gasteiger partial charge in [-0.2, -0.15) is 0 Å². The van der Waals surface area contributed by atoms with Gasteiger partial charge in [0.2, 0.25) is 0 Å². The molecule has 0 aromatic heterocycles. The number of carbonyl (C=O) groups excluding carboxylic acids is 1. The summed E-state index contributed by atoms with van der Waals surface area (Å²) in [4.78, 5) is 11.3. The highest BCUT2D eigenvalue weighted by Gasteiger charge is 2.52. The average Bonchev–Trinajstić information content (AvgIpc) is 2.60. The van der Waals surface area contributed by atoms with E-state index >= 15 is 0 Å². The van der Waals surface area contributed by atoms with Crippen molar-refractivity contribution in [3.8, 4) is 5.75 Å². The summed E-state index contributed by atoms with van der Waals surface area (Å²) in [6, 6.07) is 3.30. The number of aldehydes is 1. The molecule has 0 bridgehead atoms. The Morgan fingerprint density at radius 2 is 1.81 bits per heavy atom. The molecule has 1 saturated heterocycles. The zero-order chi connectivity index (χ0) is 15.8. The number of carbonyl (C=O) groups is 1. The first kappa shape index (κ1) is 16.3. The highest BCUT2D eigenvalue weighted by atomic mass is 35.5. The molecule has 2 rings (SSSR count). The van der Waals surface area contributed by atoms with Gasteiger partial charge in [-0.15, -0.1) is 0 Å². The molecule has 0 amide bonds. The van der Waals surface area contributed by atoms with Gasteiger partial charge in [0.1, 0.15) is 12.0 Å². The van der Waals surface area contributed by atoms with E-state index in [1.165, 1.54) is 0 Å². The van der Waals surface area contributed by atoms with Crippen LogP contribution in [-0.2, 0) is 9.31 Å². The molecule has 1 fully saturated rings. The maximum absolute atomic E-state index is 11.3. The predicted octanol–water partition coefficient (Wildman–Crippen LogP) is 2.85. The van der Waals surface area contributed by atoms with Gasteiger partial charge in [-0.25, -0.2) is 0 Å². The minimum Gasteiger partial charge on any atom is -0.492 e. The maximum Gasteiger partial charge on any atom is 0.495 e. The number of halogens is 1. The molecule has 21 heavy (non-hydrogen) atoms. The molecule has 0 saturated carbocycles. The lowest BCUT2D eigenvalue weighted by Crippen LogP contribution is -2.41.